The quantitative estimate of drug-likeness (QED) is 0.818. The van der Waals surface area contributed by atoms with Gasteiger partial charge in [-0.2, -0.15) is 9.97 Å². The van der Waals surface area contributed by atoms with Gasteiger partial charge in [-0.05, 0) is 32.2 Å². The van der Waals surface area contributed by atoms with Crippen LogP contribution in [0.15, 0.2) is 12.4 Å². The molecule has 4 aliphatic rings. The lowest BCUT2D eigenvalue weighted by molar-refractivity contribution is 0.107. The topological polar surface area (TPSA) is 66.4 Å². The Morgan fingerprint density at radius 3 is 2.83 bits per heavy atom. The molecule has 0 radical (unpaired) electrons. The molecular formula is C21H26F2N6O. The summed E-state index contributed by atoms with van der Waals surface area (Å²) in [7, 11) is 0. The molecule has 30 heavy (non-hydrogen) atoms. The first-order chi connectivity index (χ1) is 14.6. The number of fused-ring (bicyclic) bond motifs is 4. The number of halogens is 2. The average Bonchev–Trinajstić information content (AvgIpc) is 3.37. The van der Waals surface area contributed by atoms with Crippen molar-refractivity contribution in [3.05, 3.63) is 18.2 Å². The Morgan fingerprint density at radius 2 is 2.00 bits per heavy atom. The number of hydrogen-bond donors (Lipinski definition) is 1. The van der Waals surface area contributed by atoms with Gasteiger partial charge in [0.25, 0.3) is 0 Å². The van der Waals surface area contributed by atoms with Gasteiger partial charge >= 0.3 is 6.01 Å². The van der Waals surface area contributed by atoms with Crippen molar-refractivity contribution in [1.29, 1.82) is 0 Å². The second-order valence-corrected chi connectivity index (χ2v) is 9.25. The van der Waals surface area contributed by atoms with E-state index in [2.05, 4.69) is 25.1 Å². The molecule has 4 fully saturated rings. The molecule has 2 aromatic rings. The highest BCUT2D eigenvalue weighted by molar-refractivity contribution is 5.89. The summed E-state index contributed by atoms with van der Waals surface area (Å²) >= 11 is 0. The molecule has 6 heterocycles. The SMILES string of the molecule is Fc1cncc2c(N3CC4CCC(C3)N4)nc(OC[C@@]34CCCN3C[C@H](F)C4)nc12. The second kappa shape index (κ2) is 6.95. The van der Waals surface area contributed by atoms with E-state index in [0.717, 1.165) is 45.3 Å². The first-order valence-corrected chi connectivity index (χ1v) is 10.9. The zero-order chi connectivity index (χ0) is 20.3. The van der Waals surface area contributed by atoms with Crippen LogP contribution in [0.25, 0.3) is 10.9 Å². The smallest absolute Gasteiger partial charge is 0.319 e. The third-order valence-electron chi connectivity index (χ3n) is 7.27. The lowest BCUT2D eigenvalue weighted by atomic mass is 9.95. The average molecular weight is 416 g/mol. The van der Waals surface area contributed by atoms with E-state index in [1.165, 1.54) is 6.20 Å². The Morgan fingerprint density at radius 1 is 1.17 bits per heavy atom. The van der Waals surface area contributed by atoms with Crippen LogP contribution in [0.4, 0.5) is 14.6 Å². The number of nitrogens with zero attached hydrogens (tertiary/aromatic N) is 5. The van der Waals surface area contributed by atoms with E-state index in [1.807, 2.05) is 0 Å². The van der Waals surface area contributed by atoms with Gasteiger partial charge in [0.05, 0.1) is 17.1 Å². The van der Waals surface area contributed by atoms with Gasteiger partial charge in [0.15, 0.2) is 5.82 Å². The van der Waals surface area contributed by atoms with Gasteiger partial charge in [0.1, 0.15) is 24.1 Å². The van der Waals surface area contributed by atoms with Crippen LogP contribution in [0.5, 0.6) is 6.01 Å². The van der Waals surface area contributed by atoms with E-state index >= 15 is 0 Å². The van der Waals surface area contributed by atoms with Crippen LogP contribution in [0.2, 0.25) is 0 Å². The Balaban J connectivity index is 1.33. The lowest BCUT2D eigenvalue weighted by Crippen LogP contribution is -2.51. The molecule has 0 amide bonds. The zero-order valence-corrected chi connectivity index (χ0v) is 16.9. The van der Waals surface area contributed by atoms with Crippen LogP contribution in [-0.4, -0.2) is 76.4 Å². The fraction of sp³-hybridized carbons (Fsp3) is 0.667. The molecule has 6 rings (SSSR count). The molecule has 0 aromatic carbocycles. The van der Waals surface area contributed by atoms with Crippen LogP contribution < -0.4 is 15.0 Å². The highest BCUT2D eigenvalue weighted by Gasteiger charge is 2.49. The number of alkyl halides is 1. The van der Waals surface area contributed by atoms with Crippen molar-refractivity contribution in [2.45, 2.75) is 55.9 Å². The Labute approximate surface area is 173 Å². The van der Waals surface area contributed by atoms with Crippen LogP contribution in [0.1, 0.15) is 32.1 Å². The van der Waals surface area contributed by atoms with Crippen molar-refractivity contribution in [1.82, 2.24) is 25.2 Å². The fourth-order valence-corrected chi connectivity index (χ4v) is 5.90. The first kappa shape index (κ1) is 18.6. The number of rotatable bonds is 4. The molecule has 4 atom stereocenters. The van der Waals surface area contributed by atoms with Gasteiger partial charge in [0.2, 0.25) is 0 Å². The Bertz CT molecular complexity index is 964. The molecule has 4 aliphatic heterocycles. The van der Waals surface area contributed by atoms with Crippen molar-refractivity contribution >= 4 is 16.7 Å². The molecule has 0 aliphatic carbocycles. The van der Waals surface area contributed by atoms with E-state index < -0.39 is 12.0 Å². The molecule has 1 N–H and O–H groups in total. The number of ether oxygens (including phenoxy) is 1. The third-order valence-corrected chi connectivity index (χ3v) is 7.27. The largest absolute Gasteiger partial charge is 0.461 e. The molecule has 4 saturated heterocycles. The fourth-order valence-electron chi connectivity index (χ4n) is 5.90. The van der Waals surface area contributed by atoms with E-state index in [9.17, 15) is 8.78 Å². The Kier molecular flexibility index (Phi) is 4.31. The van der Waals surface area contributed by atoms with Crippen LogP contribution in [0, 0.1) is 5.82 Å². The molecule has 2 unspecified atom stereocenters. The summed E-state index contributed by atoms with van der Waals surface area (Å²) in [6, 6.07) is 1.01. The summed E-state index contributed by atoms with van der Waals surface area (Å²) in [5.41, 5.74) is -0.0607. The number of pyridine rings is 1. The molecule has 2 bridgehead atoms. The minimum atomic E-state index is -0.818. The number of nitrogens with one attached hydrogen (secondary N) is 1. The summed E-state index contributed by atoms with van der Waals surface area (Å²) < 4.78 is 34.7. The number of anilines is 1. The summed E-state index contributed by atoms with van der Waals surface area (Å²) in [6.45, 7) is 3.34. The predicted octanol–water partition coefficient (Wildman–Crippen LogP) is 2.06. The van der Waals surface area contributed by atoms with Crippen LogP contribution >= 0.6 is 0 Å². The van der Waals surface area contributed by atoms with E-state index in [4.69, 9.17) is 9.72 Å². The summed E-state index contributed by atoms with van der Waals surface area (Å²) in [6.07, 6.45) is 6.70. The van der Waals surface area contributed by atoms with Crippen molar-refractivity contribution in [3.63, 3.8) is 0 Å². The summed E-state index contributed by atoms with van der Waals surface area (Å²) in [5, 5.41) is 4.21. The van der Waals surface area contributed by atoms with Crippen molar-refractivity contribution in [2.24, 2.45) is 0 Å². The minimum absolute atomic E-state index is 0.164. The van der Waals surface area contributed by atoms with Gasteiger partial charge in [-0.1, -0.05) is 0 Å². The summed E-state index contributed by atoms with van der Waals surface area (Å²) in [5.74, 6) is 0.195. The normalized spacial score (nSPS) is 33.4. The molecule has 160 valence electrons. The lowest BCUT2D eigenvalue weighted by Gasteiger charge is -2.34. The van der Waals surface area contributed by atoms with E-state index in [-0.39, 0.29) is 17.1 Å². The van der Waals surface area contributed by atoms with Crippen LogP contribution in [-0.2, 0) is 0 Å². The molecule has 0 saturated carbocycles. The van der Waals surface area contributed by atoms with Gasteiger partial charge in [-0.15, -0.1) is 0 Å². The van der Waals surface area contributed by atoms with Gasteiger partial charge in [-0.3, -0.25) is 9.88 Å². The number of aromatic nitrogens is 3. The molecule has 0 spiro atoms. The monoisotopic (exact) mass is 416 g/mol. The summed E-state index contributed by atoms with van der Waals surface area (Å²) in [4.78, 5) is 17.5. The highest BCUT2D eigenvalue weighted by Crippen LogP contribution is 2.40. The van der Waals surface area contributed by atoms with Crippen LogP contribution in [0.3, 0.4) is 0 Å². The molecule has 9 heteroatoms. The Hall–Kier alpha value is -2.13. The minimum Gasteiger partial charge on any atom is -0.461 e. The molecule has 7 nitrogen and oxygen atoms in total. The van der Waals surface area contributed by atoms with Gasteiger partial charge < -0.3 is 15.0 Å². The second-order valence-electron chi connectivity index (χ2n) is 9.25. The number of hydrogen-bond acceptors (Lipinski definition) is 7. The standard InChI is InChI=1S/C21H26F2N6O/c22-13-6-21(4-1-5-29(21)9-13)12-30-20-26-18-16(7-24-8-17(18)23)19(27-20)28-10-14-2-3-15(11-28)25-14/h7-8,13-15,25H,1-6,9-12H2/t13-,14?,15?,21+/m1/s1. The van der Waals surface area contributed by atoms with Crippen molar-refractivity contribution < 1.29 is 13.5 Å². The molecule has 2 aromatic heterocycles. The van der Waals surface area contributed by atoms with Crippen molar-refractivity contribution in [2.75, 3.05) is 37.7 Å². The van der Waals surface area contributed by atoms with Gasteiger partial charge in [0, 0.05) is 44.3 Å². The predicted molar refractivity (Wildman–Crippen MR) is 108 cm³/mol. The highest BCUT2D eigenvalue weighted by atomic mass is 19.1. The number of piperazine rings is 1. The van der Waals surface area contributed by atoms with Crippen molar-refractivity contribution in [3.8, 4) is 6.01 Å². The first-order valence-electron chi connectivity index (χ1n) is 10.9. The maximum absolute atomic E-state index is 14.6. The maximum atomic E-state index is 14.6. The third kappa shape index (κ3) is 3.01. The van der Waals surface area contributed by atoms with Gasteiger partial charge in [-0.25, -0.2) is 8.78 Å². The van der Waals surface area contributed by atoms with E-state index in [0.29, 0.717) is 42.9 Å². The molecular weight excluding hydrogens is 390 g/mol. The maximum Gasteiger partial charge on any atom is 0.319 e. The van der Waals surface area contributed by atoms with E-state index in [1.54, 1.807) is 6.20 Å². The zero-order valence-electron chi connectivity index (χ0n) is 16.9.